The molecule has 0 bridgehead atoms. The minimum atomic E-state index is -0.869. The third kappa shape index (κ3) is 4.85. The van der Waals surface area contributed by atoms with Crippen LogP contribution in [0.3, 0.4) is 0 Å². The monoisotopic (exact) mass is 228 g/mol. The lowest BCUT2D eigenvalue weighted by atomic mass is 10.4. The highest BCUT2D eigenvalue weighted by atomic mass is 16.5. The first-order valence-corrected chi connectivity index (χ1v) is 5.11. The molecule has 1 aromatic rings. The maximum absolute atomic E-state index is 10.2. The Morgan fingerprint density at radius 1 is 1.62 bits per heavy atom. The van der Waals surface area contributed by atoms with E-state index in [0.717, 1.165) is 13.0 Å². The van der Waals surface area contributed by atoms with Crippen molar-refractivity contribution in [1.82, 2.24) is 15.0 Å². The van der Waals surface area contributed by atoms with Crippen molar-refractivity contribution in [2.75, 3.05) is 13.2 Å². The number of aryl methyl sites for hydroxylation is 1. The zero-order valence-corrected chi connectivity index (χ0v) is 9.00. The van der Waals surface area contributed by atoms with Gasteiger partial charge in [-0.05, 0) is 13.0 Å². The molecule has 3 N–H and O–H groups in total. The van der Waals surface area contributed by atoms with Crippen LogP contribution in [0.25, 0.3) is 0 Å². The van der Waals surface area contributed by atoms with Gasteiger partial charge in [-0.25, -0.2) is 0 Å². The van der Waals surface area contributed by atoms with E-state index in [2.05, 4.69) is 10.3 Å². The number of nitrogens with zero attached hydrogens (tertiary/aromatic N) is 3. The summed E-state index contributed by atoms with van der Waals surface area (Å²) in [7, 11) is 0. The number of carboxylic acid groups (broad SMARTS) is 1. The van der Waals surface area contributed by atoms with Gasteiger partial charge in [0.15, 0.2) is 0 Å². The number of aromatic nitrogens is 3. The number of carboxylic acids is 1. The molecule has 0 saturated heterocycles. The maximum atomic E-state index is 10.2. The highest BCUT2D eigenvalue weighted by Crippen LogP contribution is 1.97. The van der Waals surface area contributed by atoms with Crippen LogP contribution in [0.4, 0.5) is 0 Å². The highest BCUT2D eigenvalue weighted by Gasteiger charge is 2.01. The average Bonchev–Trinajstić information content (AvgIpc) is 2.69. The van der Waals surface area contributed by atoms with Crippen molar-refractivity contribution >= 4 is 5.97 Å². The summed E-state index contributed by atoms with van der Waals surface area (Å²) in [5.74, 6) is -0.869. The SMILES string of the molecule is NCCCn1cc(COCCC(=O)O)nn1. The fourth-order valence-electron chi connectivity index (χ4n) is 1.10. The first kappa shape index (κ1) is 12.6. The fraction of sp³-hybridized carbons (Fsp3) is 0.667. The van der Waals surface area contributed by atoms with Crippen molar-refractivity contribution < 1.29 is 14.6 Å². The molecule has 0 unspecified atom stereocenters. The van der Waals surface area contributed by atoms with Crippen molar-refractivity contribution in [3.63, 3.8) is 0 Å². The van der Waals surface area contributed by atoms with Crippen LogP contribution < -0.4 is 5.73 Å². The molecular formula is C9H16N4O3. The standard InChI is InChI=1S/C9H16N4O3/c10-3-1-4-13-6-8(11-12-13)7-16-5-2-9(14)15/h6H,1-5,7,10H2,(H,14,15). The van der Waals surface area contributed by atoms with Crippen molar-refractivity contribution in [3.05, 3.63) is 11.9 Å². The van der Waals surface area contributed by atoms with Gasteiger partial charge in [0.05, 0.1) is 25.8 Å². The van der Waals surface area contributed by atoms with Gasteiger partial charge in [0.2, 0.25) is 0 Å². The van der Waals surface area contributed by atoms with Gasteiger partial charge in [-0.3, -0.25) is 9.48 Å². The maximum Gasteiger partial charge on any atom is 0.305 e. The second kappa shape index (κ2) is 6.91. The molecule has 0 spiro atoms. The number of nitrogens with two attached hydrogens (primary N) is 1. The van der Waals surface area contributed by atoms with E-state index in [1.165, 1.54) is 0 Å². The Morgan fingerprint density at radius 2 is 2.44 bits per heavy atom. The van der Waals surface area contributed by atoms with E-state index in [1.807, 2.05) is 0 Å². The number of hydrogen-bond donors (Lipinski definition) is 2. The second-order valence-corrected chi connectivity index (χ2v) is 3.31. The van der Waals surface area contributed by atoms with Gasteiger partial charge in [-0.1, -0.05) is 5.21 Å². The van der Waals surface area contributed by atoms with Gasteiger partial charge >= 0.3 is 5.97 Å². The summed E-state index contributed by atoms with van der Waals surface area (Å²) in [5, 5.41) is 16.2. The van der Waals surface area contributed by atoms with Gasteiger partial charge in [0.25, 0.3) is 0 Å². The molecule has 1 aromatic heterocycles. The van der Waals surface area contributed by atoms with Gasteiger partial charge in [-0.2, -0.15) is 0 Å². The molecule has 0 saturated carbocycles. The molecule has 1 heterocycles. The summed E-state index contributed by atoms with van der Waals surface area (Å²) in [5.41, 5.74) is 6.06. The van der Waals surface area contributed by atoms with Crippen LogP contribution in [0, 0.1) is 0 Å². The van der Waals surface area contributed by atoms with Crippen molar-refractivity contribution in [2.45, 2.75) is 26.0 Å². The summed E-state index contributed by atoms with van der Waals surface area (Å²) in [6.07, 6.45) is 2.63. The van der Waals surface area contributed by atoms with Crippen LogP contribution in [-0.2, 0) is 22.7 Å². The predicted molar refractivity (Wildman–Crippen MR) is 55.6 cm³/mol. The van der Waals surface area contributed by atoms with Crippen LogP contribution in [0.2, 0.25) is 0 Å². The summed E-state index contributed by atoms with van der Waals surface area (Å²) in [6, 6.07) is 0. The number of hydrogen-bond acceptors (Lipinski definition) is 5. The molecule has 1 rings (SSSR count). The predicted octanol–water partition coefficient (Wildman–Crippen LogP) is -0.382. The Hall–Kier alpha value is -1.47. The zero-order chi connectivity index (χ0) is 11.8. The largest absolute Gasteiger partial charge is 0.481 e. The van der Waals surface area contributed by atoms with Crippen LogP contribution >= 0.6 is 0 Å². The van der Waals surface area contributed by atoms with Crippen LogP contribution in [0.15, 0.2) is 6.20 Å². The molecular weight excluding hydrogens is 212 g/mol. The minimum absolute atomic E-state index is 0.00130. The van der Waals surface area contributed by atoms with Crippen LogP contribution in [0.1, 0.15) is 18.5 Å². The van der Waals surface area contributed by atoms with Crippen molar-refractivity contribution in [1.29, 1.82) is 0 Å². The third-order valence-corrected chi connectivity index (χ3v) is 1.89. The average molecular weight is 228 g/mol. The topological polar surface area (TPSA) is 103 Å². The lowest BCUT2D eigenvalue weighted by Crippen LogP contribution is -2.06. The quantitative estimate of drug-likeness (QED) is 0.588. The smallest absolute Gasteiger partial charge is 0.305 e. The van der Waals surface area contributed by atoms with Crippen LogP contribution in [0.5, 0.6) is 0 Å². The normalized spacial score (nSPS) is 10.6. The number of rotatable bonds is 8. The van der Waals surface area contributed by atoms with Crippen molar-refractivity contribution in [3.8, 4) is 0 Å². The molecule has 16 heavy (non-hydrogen) atoms. The molecule has 0 atom stereocenters. The molecule has 7 nitrogen and oxygen atoms in total. The lowest BCUT2D eigenvalue weighted by Gasteiger charge is -1.98. The Morgan fingerprint density at radius 3 is 3.12 bits per heavy atom. The van der Waals surface area contributed by atoms with E-state index in [0.29, 0.717) is 12.2 Å². The Bertz CT molecular complexity index is 326. The number of aliphatic carboxylic acids is 1. The minimum Gasteiger partial charge on any atom is -0.481 e. The molecule has 0 aliphatic heterocycles. The van der Waals surface area contributed by atoms with E-state index in [-0.39, 0.29) is 19.6 Å². The van der Waals surface area contributed by atoms with Gasteiger partial charge in [0.1, 0.15) is 5.69 Å². The molecule has 0 fully saturated rings. The molecule has 7 heteroatoms. The second-order valence-electron chi connectivity index (χ2n) is 3.31. The van der Waals surface area contributed by atoms with Crippen molar-refractivity contribution in [2.24, 2.45) is 5.73 Å². The molecule has 0 aromatic carbocycles. The molecule has 0 radical (unpaired) electrons. The van der Waals surface area contributed by atoms with E-state index < -0.39 is 5.97 Å². The Labute approximate surface area is 93.2 Å². The Kier molecular flexibility index (Phi) is 5.44. The van der Waals surface area contributed by atoms with Gasteiger partial charge < -0.3 is 15.6 Å². The highest BCUT2D eigenvalue weighted by molar-refractivity contribution is 5.66. The first-order valence-electron chi connectivity index (χ1n) is 5.11. The lowest BCUT2D eigenvalue weighted by molar-refractivity contribution is -0.138. The summed E-state index contributed by atoms with van der Waals surface area (Å²) in [6.45, 7) is 1.82. The van der Waals surface area contributed by atoms with E-state index >= 15 is 0 Å². The zero-order valence-electron chi connectivity index (χ0n) is 9.00. The molecule has 0 aliphatic carbocycles. The molecule has 90 valence electrons. The third-order valence-electron chi connectivity index (χ3n) is 1.89. The molecule has 0 aliphatic rings. The van der Waals surface area contributed by atoms with E-state index in [4.69, 9.17) is 15.6 Å². The Balaban J connectivity index is 2.21. The van der Waals surface area contributed by atoms with Gasteiger partial charge in [0, 0.05) is 6.54 Å². The first-order chi connectivity index (χ1) is 7.72. The van der Waals surface area contributed by atoms with Crippen LogP contribution in [-0.4, -0.2) is 39.2 Å². The number of ether oxygens (including phenoxy) is 1. The summed E-state index contributed by atoms with van der Waals surface area (Å²) >= 11 is 0. The van der Waals surface area contributed by atoms with E-state index in [9.17, 15) is 4.79 Å². The van der Waals surface area contributed by atoms with E-state index in [1.54, 1.807) is 10.9 Å². The summed E-state index contributed by atoms with van der Waals surface area (Å²) in [4.78, 5) is 10.2. The summed E-state index contributed by atoms with van der Waals surface area (Å²) < 4.78 is 6.82. The van der Waals surface area contributed by atoms with Gasteiger partial charge in [-0.15, -0.1) is 5.10 Å². The fourth-order valence-corrected chi connectivity index (χ4v) is 1.10. The molecule has 0 amide bonds. The number of carbonyl (C=O) groups is 1.